The second-order valence-electron chi connectivity index (χ2n) is 6.67. The fourth-order valence-electron chi connectivity index (χ4n) is 2.68. The Morgan fingerprint density at radius 2 is 1.71 bits per heavy atom. The number of rotatable bonds is 7. The summed E-state index contributed by atoms with van der Waals surface area (Å²) in [4.78, 5) is 36.4. The second-order valence-corrected chi connectivity index (χ2v) is 7.52. The van der Waals surface area contributed by atoms with Crippen LogP contribution in [0.15, 0.2) is 71.8 Å². The molecule has 0 atom stereocenters. The van der Waals surface area contributed by atoms with Crippen LogP contribution in [0, 0.1) is 0 Å². The van der Waals surface area contributed by atoms with Crippen molar-refractivity contribution in [3.63, 3.8) is 0 Å². The molecular formula is C24H19Cl2N3O5. The molecule has 0 saturated heterocycles. The highest BCUT2D eigenvalue weighted by atomic mass is 35.5. The molecule has 174 valence electrons. The van der Waals surface area contributed by atoms with E-state index in [1.807, 2.05) is 0 Å². The summed E-state index contributed by atoms with van der Waals surface area (Å²) in [5.74, 6) is -1.96. The Kier molecular flexibility index (Phi) is 8.61. The van der Waals surface area contributed by atoms with E-state index in [4.69, 9.17) is 32.7 Å². The minimum atomic E-state index is -1.01. The van der Waals surface area contributed by atoms with Gasteiger partial charge >= 0.3 is 17.8 Å². The lowest BCUT2D eigenvalue weighted by Gasteiger charge is -2.11. The Morgan fingerprint density at radius 1 is 0.941 bits per heavy atom. The van der Waals surface area contributed by atoms with Crippen molar-refractivity contribution >= 4 is 52.9 Å². The Morgan fingerprint density at radius 3 is 2.44 bits per heavy atom. The third kappa shape index (κ3) is 6.81. The number of benzene rings is 3. The molecule has 2 N–H and O–H groups in total. The predicted octanol–water partition coefficient (Wildman–Crippen LogP) is 4.70. The first kappa shape index (κ1) is 24.8. The van der Waals surface area contributed by atoms with Crippen LogP contribution in [0.1, 0.15) is 22.8 Å². The van der Waals surface area contributed by atoms with E-state index in [2.05, 4.69) is 15.8 Å². The zero-order valence-electron chi connectivity index (χ0n) is 17.9. The van der Waals surface area contributed by atoms with Crippen molar-refractivity contribution in [2.24, 2.45) is 5.10 Å². The minimum absolute atomic E-state index is 0.195. The molecule has 0 fully saturated rings. The van der Waals surface area contributed by atoms with E-state index < -0.39 is 17.8 Å². The highest BCUT2D eigenvalue weighted by Crippen LogP contribution is 2.29. The summed E-state index contributed by atoms with van der Waals surface area (Å²) in [7, 11) is 0. The first-order valence-electron chi connectivity index (χ1n) is 10.0. The van der Waals surface area contributed by atoms with E-state index >= 15 is 0 Å². The summed E-state index contributed by atoms with van der Waals surface area (Å²) in [5, 5.41) is 6.71. The van der Waals surface area contributed by atoms with Crippen molar-refractivity contribution in [3.8, 4) is 11.5 Å². The summed E-state index contributed by atoms with van der Waals surface area (Å²) in [6.07, 6.45) is 1.31. The van der Waals surface area contributed by atoms with Crippen molar-refractivity contribution in [3.05, 3.63) is 87.9 Å². The molecule has 0 aliphatic heterocycles. The molecule has 8 nitrogen and oxygen atoms in total. The van der Waals surface area contributed by atoms with Crippen LogP contribution in [0.2, 0.25) is 10.0 Å². The van der Waals surface area contributed by atoms with Crippen LogP contribution < -0.4 is 20.2 Å². The van der Waals surface area contributed by atoms with Crippen molar-refractivity contribution < 1.29 is 23.9 Å². The summed E-state index contributed by atoms with van der Waals surface area (Å²) in [6, 6.07) is 17.7. The molecular weight excluding hydrogens is 481 g/mol. The number of carbonyl (C=O) groups excluding carboxylic acids is 3. The van der Waals surface area contributed by atoms with Crippen molar-refractivity contribution in [2.45, 2.75) is 6.92 Å². The van der Waals surface area contributed by atoms with Crippen molar-refractivity contribution in [1.29, 1.82) is 0 Å². The molecule has 3 rings (SSSR count). The molecule has 10 heteroatoms. The van der Waals surface area contributed by atoms with Gasteiger partial charge in [-0.25, -0.2) is 10.2 Å². The van der Waals surface area contributed by atoms with Gasteiger partial charge in [0.05, 0.1) is 29.1 Å². The lowest BCUT2D eigenvalue weighted by molar-refractivity contribution is -0.136. The molecule has 2 amide bonds. The number of esters is 1. The third-order valence-electron chi connectivity index (χ3n) is 4.24. The van der Waals surface area contributed by atoms with Gasteiger partial charge in [-0.15, -0.1) is 0 Å². The maximum absolute atomic E-state index is 12.3. The molecule has 0 radical (unpaired) electrons. The highest BCUT2D eigenvalue weighted by Gasteiger charge is 2.15. The SMILES string of the molecule is CCOc1cc(/C=N/NC(=O)C(=O)Nc2cc(Cl)ccc2Cl)ccc1OC(=O)c1ccccc1. The van der Waals surface area contributed by atoms with Gasteiger partial charge in [0.2, 0.25) is 0 Å². The molecule has 0 aliphatic carbocycles. The maximum atomic E-state index is 12.3. The van der Waals surface area contributed by atoms with Gasteiger partial charge in [-0.2, -0.15) is 5.10 Å². The maximum Gasteiger partial charge on any atom is 0.343 e. The third-order valence-corrected chi connectivity index (χ3v) is 4.81. The van der Waals surface area contributed by atoms with Gasteiger partial charge in [0.15, 0.2) is 11.5 Å². The number of nitrogens with one attached hydrogen (secondary N) is 2. The molecule has 3 aromatic rings. The Hall–Kier alpha value is -3.88. The van der Waals surface area contributed by atoms with E-state index in [-0.39, 0.29) is 16.5 Å². The quantitative estimate of drug-likeness (QED) is 0.161. The van der Waals surface area contributed by atoms with Gasteiger partial charge < -0.3 is 14.8 Å². The summed E-state index contributed by atoms with van der Waals surface area (Å²) >= 11 is 11.8. The van der Waals surface area contributed by atoms with Crippen molar-refractivity contribution in [1.82, 2.24) is 5.43 Å². The Labute approximate surface area is 205 Å². The molecule has 0 spiro atoms. The molecule has 3 aromatic carbocycles. The van der Waals surface area contributed by atoms with E-state index in [0.29, 0.717) is 28.5 Å². The number of amides is 2. The topological polar surface area (TPSA) is 106 Å². The number of carbonyl (C=O) groups is 3. The predicted molar refractivity (Wildman–Crippen MR) is 130 cm³/mol. The zero-order valence-corrected chi connectivity index (χ0v) is 19.4. The van der Waals surface area contributed by atoms with Crippen LogP contribution in [-0.4, -0.2) is 30.6 Å². The second kappa shape index (κ2) is 11.8. The normalized spacial score (nSPS) is 10.6. The molecule has 34 heavy (non-hydrogen) atoms. The lowest BCUT2D eigenvalue weighted by atomic mass is 10.2. The number of hydrazone groups is 1. The average molecular weight is 500 g/mol. The molecule has 0 unspecified atom stereocenters. The monoisotopic (exact) mass is 499 g/mol. The molecule has 0 aliphatic rings. The van der Waals surface area contributed by atoms with E-state index in [9.17, 15) is 14.4 Å². The summed E-state index contributed by atoms with van der Waals surface area (Å²) in [5.41, 5.74) is 3.24. The zero-order chi connectivity index (χ0) is 24.5. The fraction of sp³-hybridized carbons (Fsp3) is 0.0833. The number of hydrogen-bond donors (Lipinski definition) is 2. The molecule has 0 saturated carbocycles. The number of anilines is 1. The van der Waals surface area contributed by atoms with E-state index in [1.165, 1.54) is 18.3 Å². The van der Waals surface area contributed by atoms with Crippen LogP contribution in [0.25, 0.3) is 0 Å². The van der Waals surface area contributed by atoms with E-state index in [1.54, 1.807) is 61.5 Å². The number of nitrogens with zero attached hydrogens (tertiary/aromatic N) is 1. The van der Waals surface area contributed by atoms with Gasteiger partial charge in [0.25, 0.3) is 0 Å². The number of halogens is 2. The van der Waals surface area contributed by atoms with Crippen LogP contribution >= 0.6 is 23.2 Å². The number of hydrogen-bond acceptors (Lipinski definition) is 6. The van der Waals surface area contributed by atoms with Crippen molar-refractivity contribution in [2.75, 3.05) is 11.9 Å². The summed E-state index contributed by atoms with van der Waals surface area (Å²) in [6.45, 7) is 2.12. The van der Waals surface area contributed by atoms with Crippen LogP contribution in [-0.2, 0) is 9.59 Å². The summed E-state index contributed by atoms with van der Waals surface area (Å²) < 4.78 is 11.0. The first-order chi connectivity index (χ1) is 16.4. The van der Waals surface area contributed by atoms with Gasteiger partial charge in [-0.3, -0.25) is 9.59 Å². The van der Waals surface area contributed by atoms with Crippen LogP contribution in [0.4, 0.5) is 5.69 Å². The Bertz CT molecular complexity index is 1230. The van der Waals surface area contributed by atoms with Gasteiger partial charge in [-0.05, 0) is 61.0 Å². The van der Waals surface area contributed by atoms with Crippen LogP contribution in [0.3, 0.4) is 0 Å². The smallest absolute Gasteiger partial charge is 0.343 e. The first-order valence-corrected chi connectivity index (χ1v) is 10.8. The van der Waals surface area contributed by atoms with E-state index in [0.717, 1.165) is 0 Å². The molecule has 0 bridgehead atoms. The Balaban J connectivity index is 1.64. The fourth-order valence-corrected chi connectivity index (χ4v) is 3.02. The van der Waals surface area contributed by atoms with Gasteiger partial charge in [0.1, 0.15) is 0 Å². The van der Waals surface area contributed by atoms with Crippen LogP contribution in [0.5, 0.6) is 11.5 Å². The highest BCUT2D eigenvalue weighted by molar-refractivity contribution is 6.42. The van der Waals surface area contributed by atoms with Gasteiger partial charge in [-0.1, -0.05) is 41.4 Å². The van der Waals surface area contributed by atoms with Gasteiger partial charge in [0, 0.05) is 5.02 Å². The molecule has 0 aromatic heterocycles. The minimum Gasteiger partial charge on any atom is -0.490 e. The average Bonchev–Trinajstić information content (AvgIpc) is 2.83. The largest absolute Gasteiger partial charge is 0.490 e. The lowest BCUT2D eigenvalue weighted by Crippen LogP contribution is -2.32. The molecule has 0 heterocycles. The number of ether oxygens (including phenoxy) is 2. The standard InChI is InChI=1S/C24H19Cl2N3O5/c1-2-33-21-12-15(8-11-20(21)34-24(32)16-6-4-3-5-7-16)14-27-29-23(31)22(30)28-19-13-17(25)9-10-18(19)26/h3-14H,2H2,1H3,(H,28,30)(H,29,31)/b27-14+.